The fourth-order valence-corrected chi connectivity index (χ4v) is 3.88. The summed E-state index contributed by atoms with van der Waals surface area (Å²) < 4.78 is 5.62. The van der Waals surface area contributed by atoms with Gasteiger partial charge in [-0.05, 0) is 49.0 Å². The Balaban J connectivity index is 1.78. The number of aromatic nitrogens is 1. The number of esters is 1. The number of hydrogen-bond acceptors (Lipinski definition) is 5. The largest absolute Gasteiger partial charge is 0.465 e. The molecule has 8 heteroatoms. The maximum Gasteiger partial charge on any atom is 0.349 e. The van der Waals surface area contributed by atoms with Crippen molar-refractivity contribution in [3.05, 3.63) is 52.0 Å². The van der Waals surface area contributed by atoms with E-state index in [1.165, 1.54) is 18.4 Å². The zero-order chi connectivity index (χ0) is 18.0. The first-order valence-electron chi connectivity index (χ1n) is 7.29. The van der Waals surface area contributed by atoms with Crippen LogP contribution in [0.1, 0.15) is 15.2 Å². The molecule has 0 amide bonds. The van der Waals surface area contributed by atoms with E-state index in [0.717, 1.165) is 21.3 Å². The van der Waals surface area contributed by atoms with Crippen LogP contribution in [0.5, 0.6) is 0 Å². The molecule has 0 unspecified atom stereocenters. The summed E-state index contributed by atoms with van der Waals surface area (Å²) in [6.07, 6.45) is 1.76. The highest BCUT2D eigenvalue weighted by molar-refractivity contribution is 7.80. The summed E-state index contributed by atoms with van der Waals surface area (Å²) in [5, 5.41) is 7.75. The highest BCUT2D eigenvalue weighted by Crippen LogP contribution is 2.37. The molecule has 2 heterocycles. The number of halogens is 1. The Morgan fingerprint density at radius 3 is 2.76 bits per heavy atom. The summed E-state index contributed by atoms with van der Waals surface area (Å²) in [6, 6.07) is 9.38. The second-order valence-corrected chi connectivity index (χ2v) is 7.09. The lowest BCUT2D eigenvalue weighted by molar-refractivity contribution is 0.0606. The number of benzene rings is 1. The second kappa shape index (κ2) is 7.35. The number of nitrogens with one attached hydrogen (secondary N) is 2. The van der Waals surface area contributed by atoms with Crippen LogP contribution in [0.4, 0.5) is 11.5 Å². The zero-order valence-corrected chi connectivity index (χ0v) is 15.8. The van der Waals surface area contributed by atoms with Gasteiger partial charge < -0.3 is 15.4 Å². The molecule has 0 aliphatic heterocycles. The number of anilines is 2. The number of thiophene rings is 1. The van der Waals surface area contributed by atoms with Crippen LogP contribution < -0.4 is 10.6 Å². The summed E-state index contributed by atoms with van der Waals surface area (Å²) in [6.45, 7) is 1.97. The number of nitrogens with zero attached hydrogens (tertiary/aromatic N) is 1. The third-order valence-corrected chi connectivity index (χ3v) is 5.25. The van der Waals surface area contributed by atoms with Gasteiger partial charge in [0.1, 0.15) is 10.7 Å². The molecule has 0 bridgehead atoms. The Labute approximate surface area is 159 Å². The van der Waals surface area contributed by atoms with Crippen molar-refractivity contribution in [2.45, 2.75) is 6.92 Å². The normalized spacial score (nSPS) is 10.5. The van der Waals surface area contributed by atoms with E-state index < -0.39 is 5.97 Å². The van der Waals surface area contributed by atoms with E-state index in [-0.39, 0.29) is 0 Å². The molecule has 128 valence electrons. The zero-order valence-electron chi connectivity index (χ0n) is 13.4. The number of ether oxygens (including phenoxy) is 1. The lowest BCUT2D eigenvalue weighted by Crippen LogP contribution is -2.19. The van der Waals surface area contributed by atoms with Crippen LogP contribution >= 0.6 is 35.2 Å². The fourth-order valence-electron chi connectivity index (χ4n) is 2.19. The molecule has 3 rings (SSSR count). The number of fused-ring (bicyclic) bond motifs is 1. The summed E-state index contributed by atoms with van der Waals surface area (Å²) in [7, 11) is 1.33. The van der Waals surface area contributed by atoms with Crippen molar-refractivity contribution in [1.29, 1.82) is 0 Å². The molecule has 0 aliphatic carbocycles. The molecule has 0 spiro atoms. The highest BCUT2D eigenvalue weighted by atomic mass is 35.5. The van der Waals surface area contributed by atoms with E-state index in [4.69, 9.17) is 28.6 Å². The van der Waals surface area contributed by atoms with Gasteiger partial charge in [0, 0.05) is 22.0 Å². The number of pyridine rings is 1. The van der Waals surface area contributed by atoms with Crippen LogP contribution in [0.3, 0.4) is 0 Å². The minimum absolute atomic E-state index is 0.390. The number of hydrogen-bond donors (Lipinski definition) is 2. The van der Waals surface area contributed by atoms with E-state index in [1.54, 1.807) is 6.20 Å². The summed E-state index contributed by atoms with van der Waals surface area (Å²) in [4.78, 5) is 16.4. The summed E-state index contributed by atoms with van der Waals surface area (Å²) >= 11 is 12.8. The molecule has 0 aliphatic rings. The number of methoxy groups -OCH3 is 1. The number of aryl methyl sites for hydroxylation is 1. The van der Waals surface area contributed by atoms with Crippen molar-refractivity contribution < 1.29 is 9.53 Å². The molecular weight excluding hydrogens is 378 g/mol. The topological polar surface area (TPSA) is 63.2 Å². The maximum absolute atomic E-state index is 11.7. The monoisotopic (exact) mass is 391 g/mol. The summed E-state index contributed by atoms with van der Waals surface area (Å²) in [5.74, 6) is 0.222. The average Bonchev–Trinajstić information content (AvgIpc) is 2.92. The molecule has 0 saturated heterocycles. The number of thiocarbonyl (C=S) groups is 1. The molecule has 2 aromatic heterocycles. The minimum atomic E-state index is -0.441. The molecular formula is C17H14ClN3O2S2. The number of rotatable bonds is 3. The third kappa shape index (κ3) is 3.89. The first-order valence-corrected chi connectivity index (χ1v) is 8.89. The molecule has 5 nitrogen and oxygen atoms in total. The minimum Gasteiger partial charge on any atom is -0.465 e. The van der Waals surface area contributed by atoms with Crippen molar-refractivity contribution in [3.63, 3.8) is 0 Å². The lowest BCUT2D eigenvalue weighted by Gasteiger charge is -2.10. The molecule has 1 aromatic carbocycles. The van der Waals surface area contributed by atoms with Crippen molar-refractivity contribution in [2.24, 2.45) is 0 Å². The quantitative estimate of drug-likeness (QED) is 0.491. The van der Waals surface area contributed by atoms with Crippen LogP contribution in [0.15, 0.2) is 36.5 Å². The highest BCUT2D eigenvalue weighted by Gasteiger charge is 2.17. The Kier molecular flexibility index (Phi) is 5.17. The Morgan fingerprint density at radius 1 is 1.28 bits per heavy atom. The van der Waals surface area contributed by atoms with Gasteiger partial charge in [0.05, 0.1) is 12.1 Å². The van der Waals surface area contributed by atoms with Crippen LogP contribution in [-0.4, -0.2) is 23.2 Å². The predicted molar refractivity (Wildman–Crippen MR) is 107 cm³/mol. The van der Waals surface area contributed by atoms with Gasteiger partial charge in [-0.2, -0.15) is 0 Å². The lowest BCUT2D eigenvalue weighted by atomic mass is 10.2. The van der Waals surface area contributed by atoms with E-state index >= 15 is 0 Å². The third-order valence-electron chi connectivity index (χ3n) is 3.41. The molecule has 0 radical (unpaired) electrons. The van der Waals surface area contributed by atoms with Crippen molar-refractivity contribution in [3.8, 4) is 0 Å². The molecule has 3 aromatic rings. The standard InChI is InChI=1S/C17H14ClN3O2S2/c1-9-3-6-13(19-8-9)21-17(24)20-10-4-5-11-12(7-10)25-15(14(11)18)16(22)23-2/h3-8H,1-2H3,(H2,19,20,21,24). The number of carbonyl (C=O) groups is 1. The Bertz CT molecular complexity index is 954. The first kappa shape index (κ1) is 17.6. The van der Waals surface area contributed by atoms with Gasteiger partial charge in [-0.25, -0.2) is 9.78 Å². The molecule has 0 saturated carbocycles. The summed E-state index contributed by atoms with van der Waals surface area (Å²) in [5.41, 5.74) is 1.86. The van der Waals surface area contributed by atoms with Gasteiger partial charge in [-0.3, -0.25) is 0 Å². The predicted octanol–water partition coefficient (Wildman–Crippen LogP) is 4.85. The van der Waals surface area contributed by atoms with Gasteiger partial charge in [-0.15, -0.1) is 11.3 Å². The first-order chi connectivity index (χ1) is 12.0. The van der Waals surface area contributed by atoms with Crippen LogP contribution in [0, 0.1) is 6.92 Å². The van der Waals surface area contributed by atoms with E-state index in [1.807, 2.05) is 37.3 Å². The van der Waals surface area contributed by atoms with Gasteiger partial charge in [0.2, 0.25) is 0 Å². The SMILES string of the molecule is COC(=O)c1sc2cc(NC(=S)Nc3ccc(C)cn3)ccc2c1Cl. The fraction of sp³-hybridized carbons (Fsp3) is 0.118. The van der Waals surface area contributed by atoms with Crippen molar-refractivity contribution >= 4 is 67.8 Å². The van der Waals surface area contributed by atoms with Gasteiger partial charge in [0.25, 0.3) is 0 Å². The molecule has 25 heavy (non-hydrogen) atoms. The van der Waals surface area contributed by atoms with E-state index in [2.05, 4.69) is 15.6 Å². The van der Waals surface area contributed by atoms with Crippen LogP contribution in [0.25, 0.3) is 10.1 Å². The molecule has 0 atom stereocenters. The van der Waals surface area contributed by atoms with Crippen molar-refractivity contribution in [1.82, 2.24) is 4.98 Å². The average molecular weight is 392 g/mol. The van der Waals surface area contributed by atoms with E-state index in [0.29, 0.717) is 20.8 Å². The smallest absolute Gasteiger partial charge is 0.349 e. The molecule has 2 N–H and O–H groups in total. The Hall–Kier alpha value is -2.22. The van der Waals surface area contributed by atoms with Crippen LogP contribution in [-0.2, 0) is 4.74 Å². The Morgan fingerprint density at radius 2 is 2.08 bits per heavy atom. The van der Waals surface area contributed by atoms with Crippen LogP contribution in [0.2, 0.25) is 5.02 Å². The van der Waals surface area contributed by atoms with Crippen molar-refractivity contribution in [2.75, 3.05) is 17.7 Å². The van der Waals surface area contributed by atoms with Gasteiger partial charge in [0.15, 0.2) is 5.11 Å². The second-order valence-electron chi connectivity index (χ2n) is 5.25. The molecule has 0 fully saturated rings. The maximum atomic E-state index is 11.7. The van der Waals surface area contributed by atoms with E-state index in [9.17, 15) is 4.79 Å². The number of carbonyl (C=O) groups excluding carboxylic acids is 1. The van der Waals surface area contributed by atoms with Gasteiger partial charge in [-0.1, -0.05) is 17.7 Å². The van der Waals surface area contributed by atoms with Gasteiger partial charge >= 0.3 is 5.97 Å².